The van der Waals surface area contributed by atoms with E-state index in [1.165, 1.54) is 0 Å². The van der Waals surface area contributed by atoms with Gasteiger partial charge in [-0.3, -0.25) is 0 Å². The lowest BCUT2D eigenvalue weighted by atomic mass is 10.2. The van der Waals surface area contributed by atoms with E-state index >= 15 is 0 Å². The summed E-state index contributed by atoms with van der Waals surface area (Å²) in [6.07, 6.45) is 1.78. The van der Waals surface area contributed by atoms with Crippen molar-refractivity contribution in [3.05, 3.63) is 46.5 Å². The van der Waals surface area contributed by atoms with Crippen molar-refractivity contribution in [1.82, 2.24) is 9.55 Å². The molecule has 0 spiro atoms. The standard InChI is InChI=1S/C12H12Cl2N2/c1-8-9(2)16(7-15-8)12-4-3-10(6-13)5-11(12)14/h3-5,7H,6H2,1-2H3. The summed E-state index contributed by atoms with van der Waals surface area (Å²) in [7, 11) is 0. The first-order valence-electron chi connectivity index (χ1n) is 4.99. The van der Waals surface area contributed by atoms with Crippen molar-refractivity contribution in [1.29, 1.82) is 0 Å². The van der Waals surface area contributed by atoms with Gasteiger partial charge in [0.2, 0.25) is 0 Å². The highest BCUT2D eigenvalue weighted by Gasteiger charge is 2.08. The van der Waals surface area contributed by atoms with Crippen LogP contribution < -0.4 is 0 Å². The fourth-order valence-corrected chi connectivity index (χ4v) is 2.03. The van der Waals surface area contributed by atoms with Gasteiger partial charge < -0.3 is 4.57 Å². The van der Waals surface area contributed by atoms with E-state index in [1.807, 2.05) is 36.6 Å². The first kappa shape index (κ1) is 11.5. The van der Waals surface area contributed by atoms with Crippen molar-refractivity contribution in [2.24, 2.45) is 0 Å². The summed E-state index contributed by atoms with van der Waals surface area (Å²) in [5.74, 6) is 0.474. The van der Waals surface area contributed by atoms with E-state index in [2.05, 4.69) is 4.98 Å². The molecule has 84 valence electrons. The zero-order chi connectivity index (χ0) is 11.7. The van der Waals surface area contributed by atoms with Crippen LogP contribution in [0.25, 0.3) is 5.69 Å². The summed E-state index contributed by atoms with van der Waals surface area (Å²) >= 11 is 12.0. The van der Waals surface area contributed by atoms with Crippen LogP contribution in [0.2, 0.25) is 5.02 Å². The van der Waals surface area contributed by atoms with E-state index in [0.29, 0.717) is 10.9 Å². The minimum absolute atomic E-state index is 0.474. The molecule has 0 bridgehead atoms. The van der Waals surface area contributed by atoms with E-state index in [4.69, 9.17) is 23.2 Å². The number of imidazole rings is 1. The van der Waals surface area contributed by atoms with Crippen LogP contribution >= 0.6 is 23.2 Å². The van der Waals surface area contributed by atoms with Crippen LogP contribution in [0, 0.1) is 13.8 Å². The molecule has 16 heavy (non-hydrogen) atoms. The summed E-state index contributed by atoms with van der Waals surface area (Å²) in [6.45, 7) is 4.00. The smallest absolute Gasteiger partial charge is 0.0997 e. The van der Waals surface area contributed by atoms with Gasteiger partial charge >= 0.3 is 0 Å². The molecule has 0 atom stereocenters. The normalized spacial score (nSPS) is 10.8. The number of hydrogen-bond donors (Lipinski definition) is 0. The first-order valence-corrected chi connectivity index (χ1v) is 5.90. The molecule has 2 aromatic rings. The second kappa shape index (κ2) is 4.48. The number of alkyl halides is 1. The summed E-state index contributed by atoms with van der Waals surface area (Å²) < 4.78 is 1.98. The molecular formula is C12H12Cl2N2. The Kier molecular flexibility index (Phi) is 3.22. The van der Waals surface area contributed by atoms with Gasteiger partial charge in [-0.2, -0.15) is 0 Å². The highest BCUT2D eigenvalue weighted by Crippen LogP contribution is 2.24. The highest BCUT2D eigenvalue weighted by atomic mass is 35.5. The molecule has 0 amide bonds. The molecule has 1 heterocycles. The summed E-state index contributed by atoms with van der Waals surface area (Å²) in [4.78, 5) is 4.25. The van der Waals surface area contributed by atoms with Crippen LogP contribution in [0.15, 0.2) is 24.5 Å². The van der Waals surface area contributed by atoms with Crippen LogP contribution in [0.1, 0.15) is 17.0 Å². The molecule has 1 aromatic heterocycles. The van der Waals surface area contributed by atoms with E-state index in [-0.39, 0.29) is 0 Å². The molecule has 0 fully saturated rings. The highest BCUT2D eigenvalue weighted by molar-refractivity contribution is 6.32. The Bertz CT molecular complexity index is 518. The second-order valence-electron chi connectivity index (χ2n) is 3.70. The minimum Gasteiger partial charge on any atom is -0.302 e. The van der Waals surface area contributed by atoms with Crippen molar-refractivity contribution in [2.45, 2.75) is 19.7 Å². The van der Waals surface area contributed by atoms with E-state index in [1.54, 1.807) is 6.33 Å². The quantitative estimate of drug-likeness (QED) is 0.744. The van der Waals surface area contributed by atoms with Gasteiger partial charge in [-0.25, -0.2) is 4.98 Å². The lowest BCUT2D eigenvalue weighted by Crippen LogP contribution is -1.96. The summed E-state index contributed by atoms with van der Waals surface area (Å²) in [5.41, 5.74) is 4.07. The summed E-state index contributed by atoms with van der Waals surface area (Å²) in [6, 6.07) is 5.83. The number of halogens is 2. The topological polar surface area (TPSA) is 17.8 Å². The molecular weight excluding hydrogens is 243 g/mol. The lowest BCUT2D eigenvalue weighted by Gasteiger charge is -2.08. The van der Waals surface area contributed by atoms with Gasteiger partial charge in [0.1, 0.15) is 0 Å². The average Bonchev–Trinajstić information content (AvgIpc) is 2.60. The lowest BCUT2D eigenvalue weighted by molar-refractivity contribution is 0.999. The van der Waals surface area contributed by atoms with Gasteiger partial charge in [-0.15, -0.1) is 11.6 Å². The fraction of sp³-hybridized carbons (Fsp3) is 0.250. The number of aryl methyl sites for hydroxylation is 1. The Morgan fingerprint density at radius 1 is 1.31 bits per heavy atom. The SMILES string of the molecule is Cc1ncn(-c2ccc(CCl)cc2Cl)c1C. The number of aromatic nitrogens is 2. The molecule has 4 heteroatoms. The van der Waals surface area contributed by atoms with Crippen LogP contribution in [-0.2, 0) is 5.88 Å². The zero-order valence-corrected chi connectivity index (χ0v) is 10.7. The van der Waals surface area contributed by atoms with Gasteiger partial charge in [0.05, 0.1) is 22.7 Å². The third-order valence-electron chi connectivity index (χ3n) is 2.68. The Labute approximate surface area is 105 Å². The number of benzene rings is 1. The average molecular weight is 255 g/mol. The van der Waals surface area contributed by atoms with Crippen molar-refractivity contribution >= 4 is 23.2 Å². The maximum Gasteiger partial charge on any atom is 0.0997 e. The Morgan fingerprint density at radius 2 is 2.06 bits per heavy atom. The minimum atomic E-state index is 0.474. The van der Waals surface area contributed by atoms with Gasteiger partial charge in [-0.1, -0.05) is 17.7 Å². The van der Waals surface area contributed by atoms with Gasteiger partial charge in [0, 0.05) is 11.6 Å². The van der Waals surface area contributed by atoms with Crippen LogP contribution in [-0.4, -0.2) is 9.55 Å². The first-order chi connectivity index (χ1) is 7.63. The molecule has 0 unspecified atom stereocenters. The third kappa shape index (κ3) is 1.95. The predicted molar refractivity (Wildman–Crippen MR) is 67.6 cm³/mol. The monoisotopic (exact) mass is 254 g/mol. The van der Waals surface area contributed by atoms with Crippen molar-refractivity contribution in [3.63, 3.8) is 0 Å². The number of rotatable bonds is 2. The van der Waals surface area contributed by atoms with E-state index < -0.39 is 0 Å². The molecule has 0 aliphatic heterocycles. The van der Waals surface area contributed by atoms with Crippen molar-refractivity contribution in [2.75, 3.05) is 0 Å². The Hall–Kier alpha value is -0.990. The molecule has 0 aliphatic rings. The van der Waals surface area contributed by atoms with Gasteiger partial charge in [-0.05, 0) is 31.5 Å². The van der Waals surface area contributed by atoms with Crippen molar-refractivity contribution < 1.29 is 0 Å². The molecule has 0 aliphatic carbocycles. The molecule has 0 radical (unpaired) electrons. The van der Waals surface area contributed by atoms with Crippen LogP contribution in [0.5, 0.6) is 0 Å². The Balaban J connectivity index is 2.52. The number of nitrogens with zero attached hydrogens (tertiary/aromatic N) is 2. The van der Waals surface area contributed by atoms with Gasteiger partial charge in [0.15, 0.2) is 0 Å². The maximum absolute atomic E-state index is 6.22. The second-order valence-corrected chi connectivity index (χ2v) is 4.38. The zero-order valence-electron chi connectivity index (χ0n) is 9.17. The van der Waals surface area contributed by atoms with Crippen LogP contribution in [0.4, 0.5) is 0 Å². The molecule has 0 saturated heterocycles. The molecule has 1 aromatic carbocycles. The Morgan fingerprint density at radius 3 is 2.56 bits per heavy atom. The van der Waals surface area contributed by atoms with Gasteiger partial charge in [0.25, 0.3) is 0 Å². The summed E-state index contributed by atoms with van der Waals surface area (Å²) in [5, 5.41) is 0.693. The number of hydrogen-bond acceptors (Lipinski definition) is 1. The van der Waals surface area contributed by atoms with Crippen LogP contribution in [0.3, 0.4) is 0 Å². The molecule has 2 rings (SSSR count). The molecule has 0 N–H and O–H groups in total. The largest absolute Gasteiger partial charge is 0.302 e. The fourth-order valence-electron chi connectivity index (χ4n) is 1.57. The van der Waals surface area contributed by atoms with E-state index in [0.717, 1.165) is 22.6 Å². The third-order valence-corrected chi connectivity index (χ3v) is 3.29. The van der Waals surface area contributed by atoms with E-state index in [9.17, 15) is 0 Å². The predicted octanol–water partition coefficient (Wildman–Crippen LogP) is 3.88. The maximum atomic E-state index is 6.22. The molecule has 2 nitrogen and oxygen atoms in total. The molecule has 0 saturated carbocycles. The van der Waals surface area contributed by atoms with Crippen molar-refractivity contribution in [3.8, 4) is 5.69 Å².